The lowest BCUT2D eigenvalue weighted by molar-refractivity contribution is 0.270. The maximum atomic E-state index is 3.52. The molecule has 2 aliphatic rings. The summed E-state index contributed by atoms with van der Waals surface area (Å²) in [7, 11) is 0. The molecule has 3 rings (SSSR count). The first-order valence-corrected chi connectivity index (χ1v) is 7.59. The van der Waals surface area contributed by atoms with Crippen LogP contribution in [0, 0.1) is 5.41 Å². The van der Waals surface area contributed by atoms with E-state index in [1.807, 2.05) is 11.3 Å². The molecule has 0 saturated carbocycles. The molecule has 3 heterocycles. The average Bonchev–Trinajstić information content (AvgIpc) is 2.94. The van der Waals surface area contributed by atoms with Gasteiger partial charge in [-0.15, -0.1) is 11.3 Å². The SMILES string of the molecule is Brc1csc(CN2CCC3(CCNC3)C2)c1. The Bertz CT molecular complexity index is 371. The summed E-state index contributed by atoms with van der Waals surface area (Å²) in [5.41, 5.74) is 0.606. The summed E-state index contributed by atoms with van der Waals surface area (Å²) < 4.78 is 1.23. The van der Waals surface area contributed by atoms with Gasteiger partial charge in [0.2, 0.25) is 0 Å². The van der Waals surface area contributed by atoms with Crippen LogP contribution >= 0.6 is 27.3 Å². The van der Waals surface area contributed by atoms with Gasteiger partial charge < -0.3 is 5.32 Å². The molecule has 0 aromatic carbocycles. The van der Waals surface area contributed by atoms with Gasteiger partial charge in [-0.2, -0.15) is 0 Å². The van der Waals surface area contributed by atoms with E-state index in [1.165, 1.54) is 48.4 Å². The second-order valence-corrected chi connectivity index (χ2v) is 7.03. The molecule has 0 bridgehead atoms. The number of thiophene rings is 1. The van der Waals surface area contributed by atoms with Crippen LogP contribution in [0.5, 0.6) is 0 Å². The Morgan fingerprint density at radius 2 is 2.44 bits per heavy atom. The van der Waals surface area contributed by atoms with E-state index in [2.05, 4.69) is 37.6 Å². The molecule has 2 aliphatic heterocycles. The average molecular weight is 301 g/mol. The van der Waals surface area contributed by atoms with Crippen molar-refractivity contribution in [3.05, 3.63) is 20.8 Å². The number of likely N-dealkylation sites (tertiary alicyclic amines) is 1. The Hall–Kier alpha value is 0.1000. The molecular formula is C12H17BrN2S. The predicted molar refractivity (Wildman–Crippen MR) is 71.8 cm³/mol. The topological polar surface area (TPSA) is 15.3 Å². The molecule has 16 heavy (non-hydrogen) atoms. The summed E-state index contributed by atoms with van der Waals surface area (Å²) in [6.45, 7) is 6.15. The Labute approximate surface area is 109 Å². The fourth-order valence-corrected chi connectivity index (χ4v) is 4.46. The number of hydrogen-bond donors (Lipinski definition) is 1. The van der Waals surface area contributed by atoms with Gasteiger partial charge in [-0.3, -0.25) is 4.90 Å². The molecule has 4 heteroatoms. The Morgan fingerprint density at radius 1 is 1.50 bits per heavy atom. The molecule has 1 unspecified atom stereocenters. The molecule has 1 spiro atoms. The maximum Gasteiger partial charge on any atom is 0.0328 e. The van der Waals surface area contributed by atoms with Crippen molar-refractivity contribution in [1.29, 1.82) is 0 Å². The van der Waals surface area contributed by atoms with Crippen molar-refractivity contribution in [2.24, 2.45) is 5.41 Å². The Morgan fingerprint density at radius 3 is 3.12 bits per heavy atom. The van der Waals surface area contributed by atoms with Crippen LogP contribution in [0.2, 0.25) is 0 Å². The summed E-state index contributed by atoms with van der Waals surface area (Å²) in [5.74, 6) is 0. The molecule has 1 aromatic heterocycles. The fourth-order valence-electron chi connectivity index (χ4n) is 2.96. The third-order valence-electron chi connectivity index (χ3n) is 3.85. The summed E-state index contributed by atoms with van der Waals surface area (Å²) in [4.78, 5) is 4.10. The predicted octanol–water partition coefficient (Wildman–Crippen LogP) is 2.70. The second-order valence-electron chi connectivity index (χ2n) is 5.12. The minimum Gasteiger partial charge on any atom is -0.316 e. The van der Waals surface area contributed by atoms with Crippen molar-refractivity contribution in [3.63, 3.8) is 0 Å². The summed E-state index contributed by atoms with van der Waals surface area (Å²) in [5, 5.41) is 5.69. The van der Waals surface area contributed by atoms with Crippen LogP contribution in [0.25, 0.3) is 0 Å². The van der Waals surface area contributed by atoms with E-state index < -0.39 is 0 Å². The van der Waals surface area contributed by atoms with Crippen LogP contribution in [-0.2, 0) is 6.54 Å². The largest absolute Gasteiger partial charge is 0.316 e. The molecule has 0 aliphatic carbocycles. The van der Waals surface area contributed by atoms with E-state index in [4.69, 9.17) is 0 Å². The number of nitrogens with zero attached hydrogens (tertiary/aromatic N) is 1. The highest BCUT2D eigenvalue weighted by Crippen LogP contribution is 2.37. The van der Waals surface area contributed by atoms with Crippen molar-refractivity contribution >= 4 is 27.3 Å². The van der Waals surface area contributed by atoms with Crippen LogP contribution in [0.1, 0.15) is 17.7 Å². The van der Waals surface area contributed by atoms with Gasteiger partial charge in [0.25, 0.3) is 0 Å². The number of hydrogen-bond acceptors (Lipinski definition) is 3. The molecular weight excluding hydrogens is 284 g/mol. The normalized spacial score (nSPS) is 30.6. The lowest BCUT2D eigenvalue weighted by atomic mass is 9.87. The molecule has 1 aromatic rings. The summed E-state index contributed by atoms with van der Waals surface area (Å²) in [6.07, 6.45) is 2.75. The van der Waals surface area contributed by atoms with Crippen molar-refractivity contribution in [2.45, 2.75) is 19.4 Å². The van der Waals surface area contributed by atoms with Crippen LogP contribution in [-0.4, -0.2) is 31.1 Å². The molecule has 2 saturated heterocycles. The number of nitrogens with one attached hydrogen (secondary N) is 1. The summed E-state index contributed by atoms with van der Waals surface area (Å²) >= 11 is 5.39. The third-order valence-corrected chi connectivity index (χ3v) is 5.53. The van der Waals surface area contributed by atoms with Gasteiger partial charge in [0, 0.05) is 34.4 Å². The summed E-state index contributed by atoms with van der Waals surface area (Å²) in [6, 6.07) is 2.25. The number of rotatable bonds is 2. The second kappa shape index (κ2) is 4.41. The van der Waals surface area contributed by atoms with Gasteiger partial charge in [-0.05, 0) is 53.3 Å². The van der Waals surface area contributed by atoms with E-state index in [9.17, 15) is 0 Å². The van der Waals surface area contributed by atoms with Crippen LogP contribution < -0.4 is 5.32 Å². The standard InChI is InChI=1S/C12H17BrN2S/c13-10-5-11(16-7-10)6-15-4-2-12(9-15)1-3-14-8-12/h5,7,14H,1-4,6,8-9H2. The Kier molecular flexibility index (Phi) is 3.09. The highest BCUT2D eigenvalue weighted by Gasteiger charge is 2.40. The molecule has 1 atom stereocenters. The van der Waals surface area contributed by atoms with Crippen LogP contribution in [0.4, 0.5) is 0 Å². The zero-order chi connectivity index (χ0) is 11.0. The van der Waals surface area contributed by atoms with Crippen molar-refractivity contribution in [2.75, 3.05) is 26.2 Å². The molecule has 1 N–H and O–H groups in total. The highest BCUT2D eigenvalue weighted by atomic mass is 79.9. The molecule has 88 valence electrons. The molecule has 0 radical (unpaired) electrons. The van der Waals surface area contributed by atoms with Gasteiger partial charge in [0.1, 0.15) is 0 Å². The van der Waals surface area contributed by atoms with Gasteiger partial charge in [0.05, 0.1) is 0 Å². The van der Waals surface area contributed by atoms with E-state index >= 15 is 0 Å². The van der Waals surface area contributed by atoms with Crippen LogP contribution in [0.15, 0.2) is 15.9 Å². The first-order chi connectivity index (χ1) is 7.76. The van der Waals surface area contributed by atoms with Crippen LogP contribution in [0.3, 0.4) is 0 Å². The Balaban J connectivity index is 1.61. The lowest BCUT2D eigenvalue weighted by Gasteiger charge is -2.22. The smallest absolute Gasteiger partial charge is 0.0328 e. The molecule has 2 nitrogen and oxygen atoms in total. The monoisotopic (exact) mass is 300 g/mol. The van der Waals surface area contributed by atoms with E-state index in [1.54, 1.807) is 0 Å². The molecule has 0 amide bonds. The first kappa shape index (κ1) is 11.2. The van der Waals surface area contributed by atoms with Gasteiger partial charge in [-0.1, -0.05) is 0 Å². The lowest BCUT2D eigenvalue weighted by Crippen LogP contribution is -2.28. The highest BCUT2D eigenvalue weighted by molar-refractivity contribution is 9.10. The zero-order valence-electron chi connectivity index (χ0n) is 9.34. The molecule has 2 fully saturated rings. The van der Waals surface area contributed by atoms with Crippen molar-refractivity contribution in [1.82, 2.24) is 10.2 Å². The minimum atomic E-state index is 0.606. The quantitative estimate of drug-likeness (QED) is 0.903. The fraction of sp³-hybridized carbons (Fsp3) is 0.667. The van der Waals surface area contributed by atoms with Crippen molar-refractivity contribution < 1.29 is 0 Å². The minimum absolute atomic E-state index is 0.606. The first-order valence-electron chi connectivity index (χ1n) is 5.92. The van der Waals surface area contributed by atoms with Gasteiger partial charge in [-0.25, -0.2) is 0 Å². The van der Waals surface area contributed by atoms with E-state index in [-0.39, 0.29) is 0 Å². The maximum absolute atomic E-state index is 3.52. The van der Waals surface area contributed by atoms with Gasteiger partial charge in [0.15, 0.2) is 0 Å². The van der Waals surface area contributed by atoms with E-state index in [0.717, 1.165) is 6.54 Å². The number of halogens is 1. The zero-order valence-corrected chi connectivity index (χ0v) is 11.7. The van der Waals surface area contributed by atoms with Crippen molar-refractivity contribution in [3.8, 4) is 0 Å². The van der Waals surface area contributed by atoms with Gasteiger partial charge >= 0.3 is 0 Å². The van der Waals surface area contributed by atoms with E-state index in [0.29, 0.717) is 5.41 Å². The third kappa shape index (κ3) is 2.21.